The summed E-state index contributed by atoms with van der Waals surface area (Å²) < 4.78 is 13.2. The van der Waals surface area contributed by atoms with Crippen LogP contribution in [0.15, 0.2) is 54.6 Å². The standard InChI is InChI=1S/C20H24FN3O/c21-18-7-4-8-19(15-18)22-20(25)16-24-13-11-23(12-14-24)10-9-17-5-2-1-3-6-17/h1-8,15H,9-14,16H2,(H,22,25)/p+2. The van der Waals surface area contributed by atoms with E-state index in [-0.39, 0.29) is 11.7 Å². The molecule has 5 heteroatoms. The quantitative estimate of drug-likeness (QED) is 0.667. The Morgan fingerprint density at radius 2 is 1.68 bits per heavy atom. The van der Waals surface area contributed by atoms with Gasteiger partial charge < -0.3 is 15.1 Å². The number of nitrogens with one attached hydrogen (secondary N) is 3. The average molecular weight is 343 g/mol. The lowest BCUT2D eigenvalue weighted by molar-refractivity contribution is -1.01. The topological polar surface area (TPSA) is 38.0 Å². The van der Waals surface area contributed by atoms with Gasteiger partial charge in [-0.15, -0.1) is 0 Å². The molecule has 0 aliphatic carbocycles. The molecule has 1 heterocycles. The molecule has 0 aromatic heterocycles. The largest absolute Gasteiger partial charge is 0.325 e. The van der Waals surface area contributed by atoms with Gasteiger partial charge >= 0.3 is 0 Å². The van der Waals surface area contributed by atoms with Crippen molar-refractivity contribution >= 4 is 11.6 Å². The maximum atomic E-state index is 13.2. The normalized spacial score (nSPS) is 20.2. The predicted octanol–water partition coefficient (Wildman–Crippen LogP) is -0.210. The molecule has 0 saturated carbocycles. The number of amides is 1. The molecule has 0 spiro atoms. The number of anilines is 1. The molecule has 0 unspecified atom stereocenters. The summed E-state index contributed by atoms with van der Waals surface area (Å²) in [7, 11) is 0. The average Bonchev–Trinajstić information content (AvgIpc) is 2.62. The van der Waals surface area contributed by atoms with Crippen LogP contribution in [0.3, 0.4) is 0 Å². The van der Waals surface area contributed by atoms with Gasteiger partial charge in [-0.25, -0.2) is 4.39 Å². The molecule has 25 heavy (non-hydrogen) atoms. The Labute approximate surface area is 148 Å². The van der Waals surface area contributed by atoms with E-state index >= 15 is 0 Å². The van der Waals surface area contributed by atoms with E-state index in [1.165, 1.54) is 22.6 Å². The monoisotopic (exact) mass is 343 g/mol. The zero-order valence-electron chi connectivity index (χ0n) is 14.4. The fourth-order valence-corrected chi connectivity index (χ4v) is 3.35. The van der Waals surface area contributed by atoms with Gasteiger partial charge in [0, 0.05) is 12.1 Å². The van der Waals surface area contributed by atoms with Crippen LogP contribution in [0, 0.1) is 5.82 Å². The lowest BCUT2D eigenvalue weighted by Gasteiger charge is -2.29. The van der Waals surface area contributed by atoms with E-state index in [1.807, 2.05) is 6.07 Å². The number of rotatable bonds is 6. The van der Waals surface area contributed by atoms with E-state index in [2.05, 4.69) is 29.6 Å². The molecule has 1 aliphatic heterocycles. The molecular weight excluding hydrogens is 317 g/mol. The van der Waals surface area contributed by atoms with E-state index in [4.69, 9.17) is 0 Å². The maximum Gasteiger partial charge on any atom is 0.279 e. The van der Waals surface area contributed by atoms with Crippen LogP contribution in [0.4, 0.5) is 10.1 Å². The van der Waals surface area contributed by atoms with Crippen molar-refractivity contribution in [3.05, 3.63) is 66.0 Å². The maximum absolute atomic E-state index is 13.2. The number of halogens is 1. The molecule has 2 aromatic rings. The van der Waals surface area contributed by atoms with Crippen LogP contribution >= 0.6 is 0 Å². The molecule has 1 aliphatic rings. The highest BCUT2D eigenvalue weighted by molar-refractivity contribution is 5.91. The Balaban J connectivity index is 1.38. The van der Waals surface area contributed by atoms with Crippen molar-refractivity contribution < 1.29 is 19.0 Å². The van der Waals surface area contributed by atoms with E-state index in [1.54, 1.807) is 17.0 Å². The summed E-state index contributed by atoms with van der Waals surface area (Å²) in [6.45, 7) is 5.78. The number of benzene rings is 2. The predicted molar refractivity (Wildman–Crippen MR) is 96.3 cm³/mol. The first-order chi connectivity index (χ1) is 12.2. The van der Waals surface area contributed by atoms with Gasteiger partial charge in [0.25, 0.3) is 5.91 Å². The van der Waals surface area contributed by atoms with Crippen LogP contribution in [-0.4, -0.2) is 45.2 Å². The lowest BCUT2D eigenvalue weighted by Crippen LogP contribution is -3.28. The van der Waals surface area contributed by atoms with Gasteiger partial charge in [-0.2, -0.15) is 0 Å². The summed E-state index contributed by atoms with van der Waals surface area (Å²) in [4.78, 5) is 15.0. The number of carbonyl (C=O) groups excluding carboxylic acids is 1. The first-order valence-electron chi connectivity index (χ1n) is 8.95. The van der Waals surface area contributed by atoms with Gasteiger partial charge in [0.05, 0.1) is 6.54 Å². The molecular formula is C20H26FN3O+2. The van der Waals surface area contributed by atoms with Crippen molar-refractivity contribution in [1.82, 2.24) is 0 Å². The Morgan fingerprint density at radius 1 is 0.960 bits per heavy atom. The van der Waals surface area contributed by atoms with Crippen LogP contribution < -0.4 is 15.1 Å². The number of hydrogen-bond acceptors (Lipinski definition) is 1. The molecule has 1 fully saturated rings. The van der Waals surface area contributed by atoms with Crippen LogP contribution in [0.5, 0.6) is 0 Å². The van der Waals surface area contributed by atoms with E-state index in [0.29, 0.717) is 12.2 Å². The molecule has 0 bridgehead atoms. The van der Waals surface area contributed by atoms with Gasteiger partial charge in [0.1, 0.15) is 32.0 Å². The van der Waals surface area contributed by atoms with Crippen LogP contribution in [0.1, 0.15) is 5.56 Å². The lowest BCUT2D eigenvalue weighted by atomic mass is 10.1. The highest BCUT2D eigenvalue weighted by Crippen LogP contribution is 2.08. The summed E-state index contributed by atoms with van der Waals surface area (Å²) in [6.07, 6.45) is 1.10. The fraction of sp³-hybridized carbons (Fsp3) is 0.350. The highest BCUT2D eigenvalue weighted by atomic mass is 19.1. The highest BCUT2D eigenvalue weighted by Gasteiger charge is 2.24. The van der Waals surface area contributed by atoms with Gasteiger partial charge in [-0.05, 0) is 23.8 Å². The molecule has 132 valence electrons. The van der Waals surface area contributed by atoms with Gasteiger partial charge in [-0.1, -0.05) is 36.4 Å². The van der Waals surface area contributed by atoms with Gasteiger partial charge in [0.15, 0.2) is 6.54 Å². The summed E-state index contributed by atoms with van der Waals surface area (Å²) in [5.74, 6) is -0.380. The van der Waals surface area contributed by atoms with Crippen molar-refractivity contribution in [3.63, 3.8) is 0 Å². The second-order valence-electron chi connectivity index (χ2n) is 6.72. The molecule has 1 amide bonds. The zero-order chi connectivity index (χ0) is 17.5. The van der Waals surface area contributed by atoms with Crippen LogP contribution in [0.25, 0.3) is 0 Å². The number of hydrogen-bond donors (Lipinski definition) is 3. The molecule has 0 atom stereocenters. The Hall–Kier alpha value is -2.24. The summed E-state index contributed by atoms with van der Waals surface area (Å²) in [5.41, 5.74) is 1.91. The SMILES string of the molecule is O=C(C[NH+]1CC[NH+](CCc2ccccc2)CC1)Nc1cccc(F)c1. The van der Waals surface area contributed by atoms with E-state index < -0.39 is 0 Å². The van der Waals surface area contributed by atoms with Crippen molar-refractivity contribution in [1.29, 1.82) is 0 Å². The Bertz CT molecular complexity index is 684. The fourth-order valence-electron chi connectivity index (χ4n) is 3.35. The zero-order valence-corrected chi connectivity index (χ0v) is 14.4. The smallest absolute Gasteiger partial charge is 0.279 e. The van der Waals surface area contributed by atoms with E-state index in [0.717, 1.165) is 39.1 Å². The third-order valence-corrected chi connectivity index (χ3v) is 4.79. The second kappa shape index (κ2) is 8.74. The molecule has 1 saturated heterocycles. The molecule has 2 aromatic carbocycles. The Morgan fingerprint density at radius 3 is 2.40 bits per heavy atom. The second-order valence-corrected chi connectivity index (χ2v) is 6.72. The summed E-state index contributed by atoms with van der Waals surface area (Å²) in [6, 6.07) is 16.6. The van der Waals surface area contributed by atoms with Crippen molar-refractivity contribution in [3.8, 4) is 0 Å². The minimum Gasteiger partial charge on any atom is -0.325 e. The summed E-state index contributed by atoms with van der Waals surface area (Å²) >= 11 is 0. The number of piperazine rings is 1. The minimum atomic E-state index is -0.333. The third kappa shape index (κ3) is 5.66. The number of quaternary nitrogens is 2. The van der Waals surface area contributed by atoms with Gasteiger partial charge in [-0.3, -0.25) is 4.79 Å². The number of carbonyl (C=O) groups is 1. The molecule has 0 radical (unpaired) electrons. The van der Waals surface area contributed by atoms with Crippen LogP contribution in [0.2, 0.25) is 0 Å². The first-order valence-corrected chi connectivity index (χ1v) is 8.95. The summed E-state index contributed by atoms with van der Waals surface area (Å²) in [5, 5.41) is 2.78. The van der Waals surface area contributed by atoms with Crippen molar-refractivity contribution in [2.75, 3.05) is 44.6 Å². The Kier molecular flexibility index (Phi) is 6.14. The van der Waals surface area contributed by atoms with Crippen molar-refractivity contribution in [2.45, 2.75) is 6.42 Å². The van der Waals surface area contributed by atoms with E-state index in [9.17, 15) is 9.18 Å². The minimum absolute atomic E-state index is 0.0478. The molecule has 3 N–H and O–H groups in total. The molecule has 3 rings (SSSR count). The van der Waals surface area contributed by atoms with Crippen LogP contribution in [-0.2, 0) is 11.2 Å². The first kappa shape index (κ1) is 17.6. The molecule has 4 nitrogen and oxygen atoms in total. The van der Waals surface area contributed by atoms with Gasteiger partial charge in [0.2, 0.25) is 0 Å². The van der Waals surface area contributed by atoms with Crippen molar-refractivity contribution in [2.24, 2.45) is 0 Å². The third-order valence-electron chi connectivity index (χ3n) is 4.79.